The molecular weight excluding hydrogens is 594 g/mol. The van der Waals surface area contributed by atoms with Crippen LogP contribution in [0, 0.1) is 5.92 Å². The average Bonchev–Trinajstić information content (AvgIpc) is 2.98. The van der Waals surface area contributed by atoms with E-state index in [0.29, 0.717) is 29.5 Å². The Bertz CT molecular complexity index is 1470. The summed E-state index contributed by atoms with van der Waals surface area (Å²) in [7, 11) is -4.23. The number of halogens is 1. The number of anilines is 1. The summed E-state index contributed by atoms with van der Waals surface area (Å²) in [6.07, 6.45) is 1.90. The minimum atomic E-state index is -4.23. The fourth-order valence-electron chi connectivity index (χ4n) is 4.17. The maximum Gasteiger partial charge on any atom is 0.264 e. The molecule has 0 unspecified atom stereocenters. The van der Waals surface area contributed by atoms with Crippen molar-refractivity contribution >= 4 is 50.9 Å². The predicted molar refractivity (Wildman–Crippen MR) is 170 cm³/mol. The van der Waals surface area contributed by atoms with E-state index in [2.05, 4.69) is 5.32 Å². The van der Waals surface area contributed by atoms with Gasteiger partial charge in [0.05, 0.1) is 17.2 Å². The van der Waals surface area contributed by atoms with Crippen molar-refractivity contribution in [1.29, 1.82) is 0 Å². The van der Waals surface area contributed by atoms with Crippen molar-refractivity contribution in [3.05, 3.63) is 83.4 Å². The van der Waals surface area contributed by atoms with Gasteiger partial charge in [0, 0.05) is 23.0 Å². The molecule has 1 N–H and O–H groups in total. The maximum atomic E-state index is 14.1. The number of rotatable bonds is 14. The molecule has 2 amide bonds. The fourth-order valence-corrected chi connectivity index (χ4v) is 6.20. The summed E-state index contributed by atoms with van der Waals surface area (Å²) in [5.41, 5.74) is 0.851. The SMILES string of the molecule is CCOc1ccccc1N(CC(=O)N(Cc1ccccc1Cl)[C@H](C)C(=O)NCC(C)C)S(=O)(=O)c1ccc(SC)cc1. The summed E-state index contributed by atoms with van der Waals surface area (Å²) in [5.74, 6) is -0.391. The number of thioether (sulfide) groups is 1. The Balaban J connectivity index is 2.08. The number of nitrogens with zero attached hydrogens (tertiary/aromatic N) is 2. The van der Waals surface area contributed by atoms with Crippen LogP contribution in [-0.4, -0.2) is 57.1 Å². The lowest BCUT2D eigenvalue weighted by molar-refractivity contribution is -0.139. The zero-order chi connectivity index (χ0) is 30.9. The van der Waals surface area contributed by atoms with E-state index in [-0.39, 0.29) is 29.0 Å². The summed E-state index contributed by atoms with van der Waals surface area (Å²) in [6, 6.07) is 19.3. The quantitative estimate of drug-likeness (QED) is 0.225. The molecular formula is C31H38ClN3O5S2. The minimum Gasteiger partial charge on any atom is -0.492 e. The van der Waals surface area contributed by atoms with E-state index in [1.807, 2.05) is 20.1 Å². The molecule has 0 spiro atoms. The zero-order valence-corrected chi connectivity index (χ0v) is 26.9. The summed E-state index contributed by atoms with van der Waals surface area (Å²) < 4.78 is 35.1. The number of carbonyl (C=O) groups is 2. The Labute approximate surface area is 258 Å². The van der Waals surface area contributed by atoms with Crippen molar-refractivity contribution in [2.75, 3.05) is 30.3 Å². The highest BCUT2D eigenvalue weighted by Gasteiger charge is 2.34. The average molecular weight is 632 g/mol. The molecule has 0 bridgehead atoms. The minimum absolute atomic E-state index is 0.0121. The monoisotopic (exact) mass is 631 g/mol. The predicted octanol–water partition coefficient (Wildman–Crippen LogP) is 5.85. The Hall–Kier alpha value is -3.21. The van der Waals surface area contributed by atoms with Gasteiger partial charge in [0.1, 0.15) is 18.3 Å². The molecule has 0 fully saturated rings. The van der Waals surface area contributed by atoms with E-state index in [1.54, 1.807) is 74.5 Å². The summed E-state index contributed by atoms with van der Waals surface area (Å²) in [5, 5.41) is 3.31. The first-order chi connectivity index (χ1) is 20.0. The highest BCUT2D eigenvalue weighted by atomic mass is 35.5. The Morgan fingerprint density at radius 2 is 1.62 bits per heavy atom. The molecule has 226 valence electrons. The van der Waals surface area contributed by atoms with Crippen molar-refractivity contribution in [3.8, 4) is 5.75 Å². The van der Waals surface area contributed by atoms with Gasteiger partial charge in [0.25, 0.3) is 10.0 Å². The van der Waals surface area contributed by atoms with Crippen LogP contribution in [0.2, 0.25) is 5.02 Å². The molecule has 0 aliphatic rings. The topological polar surface area (TPSA) is 96.0 Å². The van der Waals surface area contributed by atoms with E-state index >= 15 is 0 Å². The molecule has 3 aromatic rings. The molecule has 0 saturated heterocycles. The Morgan fingerprint density at radius 3 is 2.24 bits per heavy atom. The first kappa shape index (κ1) is 33.3. The standard InChI is InChI=1S/C31H38ClN3O5S2/c1-6-40-29-14-10-9-13-28(29)35(42(38,39)26-17-15-25(41-5)16-18-26)21-30(36)34(20-24-11-7-8-12-27(24)32)23(4)31(37)33-19-22(2)3/h7-18,22-23H,6,19-21H2,1-5H3,(H,33,37)/t23-/m1/s1. The van der Waals surface area contributed by atoms with Crippen LogP contribution in [0.25, 0.3) is 0 Å². The van der Waals surface area contributed by atoms with Crippen LogP contribution in [0.5, 0.6) is 5.75 Å². The molecule has 0 aliphatic heterocycles. The molecule has 0 heterocycles. The second-order valence-corrected chi connectivity index (χ2v) is 13.2. The van der Waals surface area contributed by atoms with Gasteiger partial charge in [-0.05, 0) is 74.0 Å². The maximum absolute atomic E-state index is 14.1. The Morgan fingerprint density at radius 1 is 0.976 bits per heavy atom. The van der Waals surface area contributed by atoms with Gasteiger partial charge in [-0.2, -0.15) is 0 Å². The van der Waals surface area contributed by atoms with Crippen LogP contribution in [-0.2, 0) is 26.2 Å². The van der Waals surface area contributed by atoms with E-state index in [9.17, 15) is 18.0 Å². The van der Waals surface area contributed by atoms with E-state index < -0.39 is 28.5 Å². The number of ether oxygens (including phenoxy) is 1. The van der Waals surface area contributed by atoms with Crippen LogP contribution in [0.4, 0.5) is 5.69 Å². The van der Waals surface area contributed by atoms with Gasteiger partial charge in [0.15, 0.2) is 0 Å². The van der Waals surface area contributed by atoms with Crippen molar-refractivity contribution in [2.45, 2.75) is 50.1 Å². The van der Waals surface area contributed by atoms with E-state index in [0.717, 1.165) is 9.20 Å². The molecule has 0 radical (unpaired) electrons. The Kier molecular flexibility index (Phi) is 12.1. The molecule has 0 aromatic heterocycles. The van der Waals surface area contributed by atoms with E-state index in [4.69, 9.17) is 16.3 Å². The van der Waals surface area contributed by atoms with Gasteiger partial charge in [-0.1, -0.05) is 55.8 Å². The molecule has 3 aromatic carbocycles. The van der Waals surface area contributed by atoms with Gasteiger partial charge in [-0.25, -0.2) is 8.42 Å². The second-order valence-electron chi connectivity index (χ2n) is 10.0. The van der Waals surface area contributed by atoms with Crippen LogP contribution < -0.4 is 14.4 Å². The van der Waals surface area contributed by atoms with Crippen LogP contribution in [0.1, 0.15) is 33.3 Å². The van der Waals surface area contributed by atoms with Crippen molar-refractivity contribution in [1.82, 2.24) is 10.2 Å². The number of benzene rings is 3. The van der Waals surface area contributed by atoms with Gasteiger partial charge in [-0.15, -0.1) is 11.8 Å². The lowest BCUT2D eigenvalue weighted by atomic mass is 10.1. The number of nitrogens with one attached hydrogen (secondary N) is 1. The van der Waals surface area contributed by atoms with Crippen molar-refractivity contribution < 1.29 is 22.7 Å². The number of amides is 2. The smallest absolute Gasteiger partial charge is 0.264 e. The zero-order valence-electron chi connectivity index (χ0n) is 24.5. The number of sulfonamides is 1. The molecule has 11 heteroatoms. The molecule has 8 nitrogen and oxygen atoms in total. The third kappa shape index (κ3) is 8.42. The summed E-state index contributed by atoms with van der Waals surface area (Å²) >= 11 is 7.92. The number of carbonyl (C=O) groups excluding carboxylic acids is 2. The first-order valence-corrected chi connectivity index (χ1v) is 16.7. The lowest BCUT2D eigenvalue weighted by Gasteiger charge is -2.32. The largest absolute Gasteiger partial charge is 0.492 e. The normalized spacial score (nSPS) is 12.1. The van der Waals surface area contributed by atoms with Gasteiger partial charge < -0.3 is 15.0 Å². The molecule has 0 saturated carbocycles. The van der Waals surface area contributed by atoms with Gasteiger partial charge in [0.2, 0.25) is 11.8 Å². The number of para-hydroxylation sites is 2. The first-order valence-electron chi connectivity index (χ1n) is 13.7. The third-order valence-electron chi connectivity index (χ3n) is 6.51. The summed E-state index contributed by atoms with van der Waals surface area (Å²) in [6.45, 7) is 7.55. The molecule has 0 aliphatic carbocycles. The fraction of sp³-hybridized carbons (Fsp3) is 0.355. The molecule has 1 atom stereocenters. The van der Waals surface area contributed by atoms with Gasteiger partial charge >= 0.3 is 0 Å². The highest BCUT2D eigenvalue weighted by Crippen LogP contribution is 2.33. The molecule has 3 rings (SSSR count). The summed E-state index contributed by atoms with van der Waals surface area (Å²) in [4.78, 5) is 29.6. The van der Waals surface area contributed by atoms with Crippen molar-refractivity contribution in [2.24, 2.45) is 5.92 Å². The van der Waals surface area contributed by atoms with Gasteiger partial charge in [-0.3, -0.25) is 13.9 Å². The number of hydrogen-bond acceptors (Lipinski definition) is 6. The second kappa shape index (κ2) is 15.3. The molecule has 42 heavy (non-hydrogen) atoms. The van der Waals surface area contributed by atoms with Crippen LogP contribution >= 0.6 is 23.4 Å². The highest BCUT2D eigenvalue weighted by molar-refractivity contribution is 7.98. The third-order valence-corrected chi connectivity index (χ3v) is 9.40. The number of hydrogen-bond donors (Lipinski definition) is 1. The van der Waals surface area contributed by atoms with Crippen molar-refractivity contribution in [3.63, 3.8) is 0 Å². The van der Waals surface area contributed by atoms with Crippen LogP contribution in [0.15, 0.2) is 82.6 Å². The van der Waals surface area contributed by atoms with E-state index in [1.165, 1.54) is 28.8 Å². The van der Waals surface area contributed by atoms with Crippen LogP contribution in [0.3, 0.4) is 0 Å². The lowest BCUT2D eigenvalue weighted by Crippen LogP contribution is -2.51.